The molecule has 31 heavy (non-hydrogen) atoms. The van der Waals surface area contributed by atoms with Crippen LogP contribution in [0.25, 0.3) is 6.08 Å². The fourth-order valence-corrected chi connectivity index (χ4v) is 3.99. The molecule has 3 aromatic rings. The van der Waals surface area contributed by atoms with Gasteiger partial charge in [0, 0.05) is 0 Å². The Labute approximate surface area is 184 Å². The van der Waals surface area contributed by atoms with E-state index in [2.05, 4.69) is 4.99 Å². The van der Waals surface area contributed by atoms with Crippen molar-refractivity contribution in [3.63, 3.8) is 0 Å². The molecule has 0 spiro atoms. The van der Waals surface area contributed by atoms with Gasteiger partial charge in [0.1, 0.15) is 10.6 Å². The Morgan fingerprint density at radius 1 is 1.00 bits per heavy atom. The van der Waals surface area contributed by atoms with Gasteiger partial charge in [0.15, 0.2) is 5.70 Å². The largest absolute Gasteiger partial charge is 0.402 e. The van der Waals surface area contributed by atoms with Gasteiger partial charge < -0.3 is 8.92 Å². The summed E-state index contributed by atoms with van der Waals surface area (Å²) >= 11 is 6.14. The molecule has 1 heterocycles. The standard InChI is InChI=1S/C23H16ClNO5S/c1-15-9-11-18(12-10-15)31(27,28)30-17-6-4-5-16(13-17)14-21-23(26)29-22(25-21)19-7-2-3-8-20(19)24/h2-14H,1H3/b21-14+. The van der Waals surface area contributed by atoms with Gasteiger partial charge in [0.25, 0.3) is 0 Å². The summed E-state index contributed by atoms with van der Waals surface area (Å²) in [5, 5.41) is 0.409. The van der Waals surface area contributed by atoms with E-state index in [1.165, 1.54) is 30.3 Å². The number of nitrogens with zero attached hydrogens (tertiary/aromatic N) is 1. The molecule has 0 saturated heterocycles. The average molecular weight is 454 g/mol. The van der Waals surface area contributed by atoms with Gasteiger partial charge in [-0.15, -0.1) is 0 Å². The molecule has 0 fully saturated rings. The molecule has 3 aromatic carbocycles. The van der Waals surface area contributed by atoms with Gasteiger partial charge in [0.2, 0.25) is 5.90 Å². The number of esters is 1. The molecule has 8 heteroatoms. The summed E-state index contributed by atoms with van der Waals surface area (Å²) in [6.45, 7) is 1.86. The number of cyclic esters (lactones) is 1. The van der Waals surface area contributed by atoms with Crippen LogP contribution in [-0.4, -0.2) is 20.3 Å². The number of ether oxygens (including phenoxy) is 1. The average Bonchev–Trinajstić information content (AvgIpc) is 3.08. The van der Waals surface area contributed by atoms with E-state index in [9.17, 15) is 13.2 Å². The Morgan fingerprint density at radius 2 is 1.74 bits per heavy atom. The molecule has 1 aliphatic rings. The van der Waals surface area contributed by atoms with Crippen LogP contribution in [0.3, 0.4) is 0 Å². The van der Waals surface area contributed by atoms with Crippen LogP contribution in [0.15, 0.2) is 88.4 Å². The summed E-state index contributed by atoms with van der Waals surface area (Å²) in [5.74, 6) is -0.415. The van der Waals surface area contributed by atoms with E-state index < -0.39 is 16.1 Å². The number of halogens is 1. The first kappa shape index (κ1) is 20.8. The van der Waals surface area contributed by atoms with Crippen molar-refractivity contribution in [2.45, 2.75) is 11.8 Å². The molecule has 0 bridgehead atoms. The van der Waals surface area contributed by atoms with Crippen LogP contribution < -0.4 is 4.18 Å². The molecule has 0 radical (unpaired) electrons. The molecule has 0 N–H and O–H groups in total. The number of carbonyl (C=O) groups excluding carboxylic acids is 1. The molecule has 0 unspecified atom stereocenters. The second-order valence-corrected chi connectivity index (χ2v) is 8.69. The topological polar surface area (TPSA) is 82.0 Å². The van der Waals surface area contributed by atoms with Gasteiger partial charge in [-0.05, 0) is 55.0 Å². The van der Waals surface area contributed by atoms with Gasteiger partial charge in [-0.1, -0.05) is 53.6 Å². The van der Waals surface area contributed by atoms with Crippen LogP contribution in [0.2, 0.25) is 5.02 Å². The highest BCUT2D eigenvalue weighted by Crippen LogP contribution is 2.25. The van der Waals surface area contributed by atoms with E-state index in [1.807, 2.05) is 6.92 Å². The van der Waals surface area contributed by atoms with E-state index >= 15 is 0 Å². The molecule has 0 atom stereocenters. The lowest BCUT2D eigenvalue weighted by Gasteiger charge is -2.08. The minimum Gasteiger partial charge on any atom is -0.402 e. The van der Waals surface area contributed by atoms with Crippen LogP contribution in [-0.2, 0) is 19.6 Å². The van der Waals surface area contributed by atoms with Gasteiger partial charge in [-0.25, -0.2) is 9.79 Å². The molecule has 6 nitrogen and oxygen atoms in total. The maximum Gasteiger partial charge on any atom is 0.363 e. The third kappa shape index (κ3) is 4.68. The summed E-state index contributed by atoms with van der Waals surface area (Å²) in [5.41, 5.74) is 2.02. The molecule has 1 aliphatic heterocycles. The lowest BCUT2D eigenvalue weighted by Crippen LogP contribution is -2.09. The van der Waals surface area contributed by atoms with E-state index in [1.54, 1.807) is 48.5 Å². The Morgan fingerprint density at radius 3 is 2.48 bits per heavy atom. The van der Waals surface area contributed by atoms with Crippen molar-refractivity contribution in [2.75, 3.05) is 0 Å². The van der Waals surface area contributed by atoms with Crippen molar-refractivity contribution in [3.8, 4) is 5.75 Å². The van der Waals surface area contributed by atoms with E-state index in [4.69, 9.17) is 20.5 Å². The molecule has 0 aliphatic carbocycles. The molecule has 156 valence electrons. The van der Waals surface area contributed by atoms with E-state index in [0.717, 1.165) is 5.56 Å². The normalized spacial score (nSPS) is 15.0. The highest BCUT2D eigenvalue weighted by Gasteiger charge is 2.25. The summed E-state index contributed by atoms with van der Waals surface area (Å²) in [6, 6.07) is 19.5. The number of aliphatic imine (C=N–C) groups is 1. The van der Waals surface area contributed by atoms with Crippen molar-refractivity contribution < 1.29 is 22.1 Å². The smallest absolute Gasteiger partial charge is 0.363 e. The highest BCUT2D eigenvalue weighted by atomic mass is 35.5. The van der Waals surface area contributed by atoms with Crippen molar-refractivity contribution >= 4 is 39.7 Å². The Balaban J connectivity index is 1.60. The summed E-state index contributed by atoms with van der Waals surface area (Å²) < 4.78 is 35.5. The first-order valence-corrected chi connectivity index (χ1v) is 11.0. The molecular formula is C23H16ClNO5S. The first-order valence-electron chi connectivity index (χ1n) is 9.20. The zero-order chi connectivity index (χ0) is 22.0. The number of carbonyl (C=O) groups is 1. The maximum atomic E-state index is 12.5. The fourth-order valence-electron chi connectivity index (χ4n) is 2.85. The van der Waals surface area contributed by atoms with E-state index in [0.29, 0.717) is 16.1 Å². The number of hydrogen-bond donors (Lipinski definition) is 0. The number of hydrogen-bond acceptors (Lipinski definition) is 6. The van der Waals surface area contributed by atoms with Crippen LogP contribution in [0.4, 0.5) is 0 Å². The Kier molecular flexibility index (Phi) is 5.63. The van der Waals surface area contributed by atoms with Crippen LogP contribution in [0.5, 0.6) is 5.75 Å². The fraction of sp³-hybridized carbons (Fsp3) is 0.0435. The van der Waals surface area contributed by atoms with Gasteiger partial charge in [-0.3, -0.25) is 0 Å². The van der Waals surface area contributed by atoms with Crippen molar-refractivity contribution in [1.29, 1.82) is 0 Å². The monoisotopic (exact) mass is 453 g/mol. The Bertz CT molecular complexity index is 1330. The second-order valence-electron chi connectivity index (χ2n) is 6.74. The number of aryl methyl sites for hydroxylation is 1. The maximum absolute atomic E-state index is 12.5. The van der Waals surface area contributed by atoms with E-state index in [-0.39, 0.29) is 22.2 Å². The molecule has 0 saturated carbocycles. The van der Waals surface area contributed by atoms with Gasteiger partial charge in [0.05, 0.1) is 10.6 Å². The van der Waals surface area contributed by atoms with Crippen molar-refractivity contribution in [3.05, 3.63) is 100 Å². The number of rotatable bonds is 5. The number of benzene rings is 3. The molecule has 0 aromatic heterocycles. The molecule has 0 amide bonds. The summed E-state index contributed by atoms with van der Waals surface area (Å²) in [4.78, 5) is 16.5. The third-order valence-corrected chi connectivity index (χ3v) is 5.99. The van der Waals surface area contributed by atoms with Crippen molar-refractivity contribution in [2.24, 2.45) is 4.99 Å². The molecule has 4 rings (SSSR count). The predicted octanol–water partition coefficient (Wildman–Crippen LogP) is 4.76. The summed E-state index contributed by atoms with van der Waals surface area (Å²) in [6.07, 6.45) is 1.48. The van der Waals surface area contributed by atoms with Crippen molar-refractivity contribution in [1.82, 2.24) is 0 Å². The minimum absolute atomic E-state index is 0.0511. The zero-order valence-electron chi connectivity index (χ0n) is 16.3. The van der Waals surface area contributed by atoms with Crippen LogP contribution >= 0.6 is 11.6 Å². The van der Waals surface area contributed by atoms with Crippen LogP contribution in [0, 0.1) is 6.92 Å². The predicted molar refractivity (Wildman–Crippen MR) is 117 cm³/mol. The summed E-state index contributed by atoms with van der Waals surface area (Å²) in [7, 11) is -3.99. The van der Waals surface area contributed by atoms with Gasteiger partial charge >= 0.3 is 16.1 Å². The van der Waals surface area contributed by atoms with Crippen LogP contribution in [0.1, 0.15) is 16.7 Å². The lowest BCUT2D eigenvalue weighted by molar-refractivity contribution is -0.129. The zero-order valence-corrected chi connectivity index (χ0v) is 17.9. The lowest BCUT2D eigenvalue weighted by atomic mass is 10.2. The quantitative estimate of drug-likeness (QED) is 0.316. The Hall–Kier alpha value is -3.42. The minimum atomic E-state index is -3.99. The first-order chi connectivity index (χ1) is 14.8. The molecular weight excluding hydrogens is 438 g/mol. The third-order valence-electron chi connectivity index (χ3n) is 4.40. The second kappa shape index (κ2) is 8.37. The SMILES string of the molecule is Cc1ccc(S(=O)(=O)Oc2cccc(/C=C3/N=C(c4ccccc4Cl)OC3=O)c2)cc1. The highest BCUT2D eigenvalue weighted by molar-refractivity contribution is 7.87. The van der Waals surface area contributed by atoms with Gasteiger partial charge in [-0.2, -0.15) is 8.42 Å².